The van der Waals surface area contributed by atoms with Gasteiger partial charge in [-0.05, 0) is 0 Å². The molecule has 8 heteroatoms. The highest BCUT2D eigenvalue weighted by Crippen LogP contribution is 2.05. The highest BCUT2D eigenvalue weighted by atomic mass is 16.4. The van der Waals surface area contributed by atoms with Crippen LogP contribution in [0.15, 0.2) is 0 Å². The van der Waals surface area contributed by atoms with E-state index in [-0.39, 0.29) is 6.42 Å². The van der Waals surface area contributed by atoms with E-state index in [1.54, 1.807) is 4.90 Å². The van der Waals surface area contributed by atoms with Gasteiger partial charge in [-0.2, -0.15) is 0 Å². The molecule has 20 heavy (non-hydrogen) atoms. The van der Waals surface area contributed by atoms with Crippen LogP contribution >= 0.6 is 0 Å². The lowest BCUT2D eigenvalue weighted by molar-refractivity contribution is -0.149. The minimum Gasteiger partial charge on any atom is -0.481 e. The molecule has 1 aliphatic rings. The lowest BCUT2D eigenvalue weighted by Crippen LogP contribution is -2.49. The minimum absolute atomic E-state index is 0.378. The standard InChI is InChI=1S/C12H24N4O4/c17-11(18)9-10(12(19)20)16-7-5-14-3-1-13-2-4-15-6-8-16/h10,13-15H,1-9H2,(H,17,18)(H,19,20). The summed E-state index contributed by atoms with van der Waals surface area (Å²) in [7, 11) is 0. The molecule has 1 rings (SSSR count). The van der Waals surface area contributed by atoms with Gasteiger partial charge in [0, 0.05) is 52.4 Å². The summed E-state index contributed by atoms with van der Waals surface area (Å²) in [6.45, 7) is 5.67. The zero-order valence-corrected chi connectivity index (χ0v) is 11.6. The van der Waals surface area contributed by atoms with Crippen LogP contribution in [-0.4, -0.2) is 85.5 Å². The fourth-order valence-corrected chi connectivity index (χ4v) is 2.14. The predicted octanol–water partition coefficient (Wildman–Crippen LogP) is -2.00. The van der Waals surface area contributed by atoms with E-state index in [4.69, 9.17) is 5.11 Å². The molecule has 8 nitrogen and oxygen atoms in total. The molecule has 0 aromatic carbocycles. The Morgan fingerprint density at radius 1 is 0.900 bits per heavy atom. The Bertz CT molecular complexity index is 302. The van der Waals surface area contributed by atoms with Gasteiger partial charge in [-0.15, -0.1) is 0 Å². The van der Waals surface area contributed by atoms with Gasteiger partial charge in [-0.3, -0.25) is 14.5 Å². The lowest BCUT2D eigenvalue weighted by atomic mass is 10.1. The van der Waals surface area contributed by atoms with Crippen molar-refractivity contribution in [3.8, 4) is 0 Å². The molecule has 0 aromatic rings. The van der Waals surface area contributed by atoms with Crippen molar-refractivity contribution in [3.63, 3.8) is 0 Å². The fraction of sp³-hybridized carbons (Fsp3) is 0.833. The third-order valence-electron chi connectivity index (χ3n) is 3.20. The summed E-state index contributed by atoms with van der Waals surface area (Å²) >= 11 is 0. The van der Waals surface area contributed by atoms with Crippen LogP contribution < -0.4 is 16.0 Å². The number of hydrogen-bond donors (Lipinski definition) is 5. The van der Waals surface area contributed by atoms with Gasteiger partial charge < -0.3 is 26.2 Å². The third-order valence-corrected chi connectivity index (χ3v) is 3.20. The largest absolute Gasteiger partial charge is 0.481 e. The molecule has 1 aliphatic heterocycles. The van der Waals surface area contributed by atoms with E-state index in [0.717, 1.165) is 26.2 Å². The van der Waals surface area contributed by atoms with Crippen LogP contribution in [0.3, 0.4) is 0 Å². The molecule has 0 radical (unpaired) electrons. The van der Waals surface area contributed by atoms with Gasteiger partial charge >= 0.3 is 11.9 Å². The predicted molar refractivity (Wildman–Crippen MR) is 73.9 cm³/mol. The number of carboxylic acids is 2. The first-order valence-corrected chi connectivity index (χ1v) is 6.92. The lowest BCUT2D eigenvalue weighted by Gasteiger charge is -2.28. The van der Waals surface area contributed by atoms with Crippen LogP contribution in [0.2, 0.25) is 0 Å². The summed E-state index contributed by atoms with van der Waals surface area (Å²) in [5.74, 6) is -2.17. The van der Waals surface area contributed by atoms with E-state index in [0.29, 0.717) is 26.2 Å². The molecule has 0 aliphatic carbocycles. The molecule has 1 unspecified atom stereocenters. The van der Waals surface area contributed by atoms with Crippen LogP contribution in [0.25, 0.3) is 0 Å². The van der Waals surface area contributed by atoms with Gasteiger partial charge in [0.25, 0.3) is 0 Å². The van der Waals surface area contributed by atoms with Gasteiger partial charge in [-0.25, -0.2) is 0 Å². The SMILES string of the molecule is O=C(O)CC(C(=O)O)N1CCNCCNCCNCC1. The molecular formula is C12H24N4O4. The number of nitrogens with one attached hydrogen (secondary N) is 3. The van der Waals surface area contributed by atoms with Crippen LogP contribution in [0.4, 0.5) is 0 Å². The number of carbonyl (C=O) groups is 2. The van der Waals surface area contributed by atoms with Crippen molar-refractivity contribution < 1.29 is 19.8 Å². The van der Waals surface area contributed by atoms with E-state index in [2.05, 4.69) is 16.0 Å². The highest BCUT2D eigenvalue weighted by molar-refractivity contribution is 5.80. The fourth-order valence-electron chi connectivity index (χ4n) is 2.14. The van der Waals surface area contributed by atoms with Gasteiger partial charge in [0.1, 0.15) is 6.04 Å². The Balaban J connectivity index is 2.58. The Morgan fingerprint density at radius 3 is 1.75 bits per heavy atom. The summed E-state index contributed by atoms with van der Waals surface area (Å²) in [6, 6.07) is -0.975. The summed E-state index contributed by atoms with van der Waals surface area (Å²) in [5, 5.41) is 27.8. The van der Waals surface area contributed by atoms with Gasteiger partial charge in [0.2, 0.25) is 0 Å². The molecule has 0 amide bonds. The first-order valence-electron chi connectivity index (χ1n) is 6.92. The molecule has 0 aromatic heterocycles. The van der Waals surface area contributed by atoms with E-state index in [9.17, 15) is 14.7 Å². The smallest absolute Gasteiger partial charge is 0.321 e. The summed E-state index contributed by atoms with van der Waals surface area (Å²) in [6.07, 6.45) is -0.378. The van der Waals surface area contributed by atoms with Crippen LogP contribution in [0, 0.1) is 0 Å². The molecule has 1 fully saturated rings. The second-order valence-electron chi connectivity index (χ2n) is 4.74. The average Bonchev–Trinajstić information content (AvgIpc) is 2.36. The monoisotopic (exact) mass is 288 g/mol. The average molecular weight is 288 g/mol. The maximum atomic E-state index is 11.3. The number of rotatable bonds is 4. The molecule has 5 N–H and O–H groups in total. The van der Waals surface area contributed by atoms with Crippen molar-refractivity contribution in [2.45, 2.75) is 12.5 Å². The Hall–Kier alpha value is -1.22. The van der Waals surface area contributed by atoms with Gasteiger partial charge in [-0.1, -0.05) is 0 Å². The second-order valence-corrected chi connectivity index (χ2v) is 4.74. The molecule has 0 saturated carbocycles. The minimum atomic E-state index is -1.09. The van der Waals surface area contributed by atoms with Crippen LogP contribution in [-0.2, 0) is 9.59 Å². The Labute approximate surface area is 118 Å². The number of nitrogens with zero attached hydrogens (tertiary/aromatic N) is 1. The molecule has 1 heterocycles. The quantitative estimate of drug-likeness (QED) is 0.403. The van der Waals surface area contributed by atoms with Crippen molar-refractivity contribution in [2.24, 2.45) is 0 Å². The third kappa shape index (κ3) is 6.80. The maximum Gasteiger partial charge on any atom is 0.321 e. The van der Waals surface area contributed by atoms with Crippen molar-refractivity contribution in [1.82, 2.24) is 20.9 Å². The van der Waals surface area contributed by atoms with Crippen molar-refractivity contribution >= 4 is 11.9 Å². The highest BCUT2D eigenvalue weighted by Gasteiger charge is 2.27. The van der Waals surface area contributed by atoms with Gasteiger partial charge in [0.05, 0.1) is 6.42 Å². The zero-order chi connectivity index (χ0) is 14.8. The Kier molecular flexibility index (Phi) is 8.12. The topological polar surface area (TPSA) is 114 Å². The van der Waals surface area contributed by atoms with Crippen LogP contribution in [0.1, 0.15) is 6.42 Å². The van der Waals surface area contributed by atoms with Gasteiger partial charge in [0.15, 0.2) is 0 Å². The molecule has 1 saturated heterocycles. The van der Waals surface area contributed by atoms with E-state index in [1.165, 1.54) is 0 Å². The van der Waals surface area contributed by atoms with Crippen molar-refractivity contribution in [3.05, 3.63) is 0 Å². The summed E-state index contributed by atoms with van der Waals surface area (Å²) in [4.78, 5) is 23.8. The zero-order valence-electron chi connectivity index (χ0n) is 11.6. The van der Waals surface area contributed by atoms with Crippen molar-refractivity contribution in [1.29, 1.82) is 0 Å². The summed E-state index contributed by atoms with van der Waals surface area (Å²) in [5.41, 5.74) is 0. The first kappa shape index (κ1) is 16.8. The summed E-state index contributed by atoms with van der Waals surface area (Å²) < 4.78 is 0. The number of hydrogen-bond acceptors (Lipinski definition) is 6. The number of carboxylic acid groups (broad SMARTS) is 2. The van der Waals surface area contributed by atoms with E-state index in [1.807, 2.05) is 0 Å². The Morgan fingerprint density at radius 2 is 1.35 bits per heavy atom. The molecule has 1 atom stereocenters. The molecule has 0 spiro atoms. The van der Waals surface area contributed by atoms with Crippen LogP contribution in [0.5, 0.6) is 0 Å². The first-order chi connectivity index (χ1) is 9.61. The van der Waals surface area contributed by atoms with Crippen molar-refractivity contribution in [2.75, 3.05) is 52.4 Å². The molecule has 116 valence electrons. The van der Waals surface area contributed by atoms with E-state index >= 15 is 0 Å². The number of aliphatic carboxylic acids is 2. The normalized spacial score (nSPS) is 21.4. The second kappa shape index (κ2) is 9.65. The molecule has 0 bridgehead atoms. The maximum absolute atomic E-state index is 11.3. The van der Waals surface area contributed by atoms with E-state index < -0.39 is 18.0 Å². The molecular weight excluding hydrogens is 264 g/mol.